The fourth-order valence-electron chi connectivity index (χ4n) is 3.62. The lowest BCUT2D eigenvalue weighted by molar-refractivity contribution is -0.149. The summed E-state index contributed by atoms with van der Waals surface area (Å²) in [7, 11) is 0. The number of pyridine rings is 1. The standard InChI is InChI=1S/C28H26N2O4/c1-19-7-13-23(14-8-19)26(31)25-17-30(27-24(25)6-3-15-29-27)16-4-5-21-9-11-22(12-10-21)18-34-20(2)28(32)33/h3-15,17,20H,16,18H2,1-2H3,(H,32,33)/t20-/m1/s1. The van der Waals surface area contributed by atoms with Crippen molar-refractivity contribution in [1.29, 1.82) is 0 Å². The summed E-state index contributed by atoms with van der Waals surface area (Å²) in [6.45, 7) is 4.32. The van der Waals surface area contributed by atoms with Crippen molar-refractivity contribution in [3.63, 3.8) is 0 Å². The molecule has 0 unspecified atom stereocenters. The number of hydrogen-bond donors (Lipinski definition) is 1. The van der Waals surface area contributed by atoms with E-state index in [1.165, 1.54) is 6.92 Å². The first-order valence-electron chi connectivity index (χ1n) is 11.1. The Kier molecular flexibility index (Phi) is 6.99. The van der Waals surface area contributed by atoms with Gasteiger partial charge in [-0.3, -0.25) is 4.79 Å². The average molecular weight is 455 g/mol. The van der Waals surface area contributed by atoms with E-state index in [-0.39, 0.29) is 12.4 Å². The highest BCUT2D eigenvalue weighted by atomic mass is 16.5. The third-order valence-corrected chi connectivity index (χ3v) is 5.63. The van der Waals surface area contributed by atoms with Crippen molar-refractivity contribution < 1.29 is 19.4 Å². The molecule has 34 heavy (non-hydrogen) atoms. The van der Waals surface area contributed by atoms with Crippen molar-refractivity contribution in [2.75, 3.05) is 0 Å². The predicted octanol–water partition coefficient (Wildman–Crippen LogP) is 5.28. The second-order valence-electron chi connectivity index (χ2n) is 8.20. The van der Waals surface area contributed by atoms with E-state index in [9.17, 15) is 9.59 Å². The molecule has 1 N–H and O–H groups in total. The molecule has 2 heterocycles. The van der Waals surface area contributed by atoms with E-state index < -0.39 is 12.1 Å². The Balaban J connectivity index is 1.48. The van der Waals surface area contributed by atoms with Crippen LogP contribution in [0.15, 0.2) is 79.1 Å². The van der Waals surface area contributed by atoms with Crippen LogP contribution in [0.4, 0.5) is 0 Å². The number of carbonyl (C=O) groups excluding carboxylic acids is 1. The van der Waals surface area contributed by atoms with Crippen LogP contribution in [-0.4, -0.2) is 32.5 Å². The van der Waals surface area contributed by atoms with E-state index in [1.807, 2.05) is 90.5 Å². The minimum Gasteiger partial charge on any atom is -0.479 e. The average Bonchev–Trinajstić information content (AvgIpc) is 3.22. The van der Waals surface area contributed by atoms with Gasteiger partial charge >= 0.3 is 5.97 Å². The molecule has 0 radical (unpaired) electrons. The number of ether oxygens (including phenoxy) is 1. The number of rotatable bonds is 9. The molecule has 4 rings (SSSR count). The van der Waals surface area contributed by atoms with E-state index >= 15 is 0 Å². The van der Waals surface area contributed by atoms with Crippen molar-refractivity contribution in [3.05, 3.63) is 107 Å². The van der Waals surface area contributed by atoms with Gasteiger partial charge in [-0.25, -0.2) is 9.78 Å². The van der Waals surface area contributed by atoms with Crippen LogP contribution in [-0.2, 0) is 22.7 Å². The molecular formula is C28H26N2O4. The maximum Gasteiger partial charge on any atom is 0.332 e. The Bertz CT molecular complexity index is 1340. The zero-order valence-electron chi connectivity index (χ0n) is 19.1. The summed E-state index contributed by atoms with van der Waals surface area (Å²) in [5.41, 5.74) is 5.09. The number of aromatic nitrogens is 2. The van der Waals surface area contributed by atoms with Crippen molar-refractivity contribution in [2.24, 2.45) is 0 Å². The van der Waals surface area contributed by atoms with Crippen LogP contribution in [0, 0.1) is 6.92 Å². The Morgan fingerprint density at radius 1 is 1.09 bits per heavy atom. The maximum atomic E-state index is 13.1. The fourth-order valence-corrected chi connectivity index (χ4v) is 3.62. The van der Waals surface area contributed by atoms with E-state index in [0.29, 0.717) is 17.7 Å². The van der Waals surface area contributed by atoms with Crippen LogP contribution in [0.3, 0.4) is 0 Å². The highest BCUT2D eigenvalue weighted by Gasteiger charge is 2.17. The zero-order chi connectivity index (χ0) is 24.1. The molecule has 6 heteroatoms. The van der Waals surface area contributed by atoms with Crippen LogP contribution in [0.5, 0.6) is 0 Å². The molecule has 0 amide bonds. The quantitative estimate of drug-likeness (QED) is 0.348. The van der Waals surface area contributed by atoms with Gasteiger partial charge < -0.3 is 14.4 Å². The third-order valence-electron chi connectivity index (χ3n) is 5.63. The molecule has 0 spiro atoms. The summed E-state index contributed by atoms with van der Waals surface area (Å²) in [6, 6.07) is 19.1. The van der Waals surface area contributed by atoms with Gasteiger partial charge in [0.15, 0.2) is 11.9 Å². The van der Waals surface area contributed by atoms with Gasteiger partial charge in [-0.2, -0.15) is 0 Å². The Labute approximate surface area is 198 Å². The first kappa shape index (κ1) is 23.1. The van der Waals surface area contributed by atoms with Gasteiger partial charge in [0.05, 0.1) is 6.61 Å². The third kappa shape index (κ3) is 5.30. The lowest BCUT2D eigenvalue weighted by Crippen LogP contribution is -2.19. The highest BCUT2D eigenvalue weighted by molar-refractivity contribution is 6.16. The Morgan fingerprint density at radius 2 is 1.82 bits per heavy atom. The predicted molar refractivity (Wildman–Crippen MR) is 132 cm³/mol. The van der Waals surface area contributed by atoms with Crippen LogP contribution < -0.4 is 0 Å². The highest BCUT2D eigenvalue weighted by Crippen LogP contribution is 2.23. The largest absolute Gasteiger partial charge is 0.479 e. The smallest absolute Gasteiger partial charge is 0.332 e. The SMILES string of the molecule is Cc1ccc(C(=O)c2cn(CC=Cc3ccc(CO[C@H](C)C(=O)O)cc3)c3ncccc23)cc1. The lowest BCUT2D eigenvalue weighted by atomic mass is 10.0. The molecule has 0 saturated carbocycles. The van der Waals surface area contributed by atoms with Crippen LogP contribution >= 0.6 is 0 Å². The van der Waals surface area contributed by atoms with Crippen molar-refractivity contribution in [3.8, 4) is 0 Å². The summed E-state index contributed by atoms with van der Waals surface area (Å²) in [4.78, 5) is 28.5. The molecular weight excluding hydrogens is 428 g/mol. The molecule has 0 aliphatic heterocycles. The number of fused-ring (bicyclic) bond motifs is 1. The van der Waals surface area contributed by atoms with Gasteiger partial charge in [-0.05, 0) is 37.1 Å². The second kappa shape index (κ2) is 10.3. The maximum absolute atomic E-state index is 13.1. The van der Waals surface area contributed by atoms with Gasteiger partial charge in [0.25, 0.3) is 0 Å². The first-order chi connectivity index (χ1) is 16.4. The number of benzene rings is 2. The number of carbonyl (C=O) groups is 2. The number of aryl methyl sites for hydroxylation is 1. The number of allylic oxidation sites excluding steroid dienone is 1. The van der Waals surface area contributed by atoms with Crippen molar-refractivity contribution in [1.82, 2.24) is 9.55 Å². The number of aliphatic carboxylic acids is 1. The van der Waals surface area contributed by atoms with E-state index in [4.69, 9.17) is 9.84 Å². The zero-order valence-corrected chi connectivity index (χ0v) is 19.1. The van der Waals surface area contributed by atoms with Crippen molar-refractivity contribution in [2.45, 2.75) is 33.1 Å². The Hall–Kier alpha value is -4.03. The molecule has 0 saturated heterocycles. The molecule has 0 aliphatic carbocycles. The molecule has 1 atom stereocenters. The topological polar surface area (TPSA) is 81.4 Å². The summed E-state index contributed by atoms with van der Waals surface area (Å²) in [6.07, 6.45) is 6.78. The van der Waals surface area contributed by atoms with E-state index in [1.54, 1.807) is 6.20 Å². The molecule has 172 valence electrons. The molecule has 0 bridgehead atoms. The monoisotopic (exact) mass is 454 g/mol. The molecule has 4 aromatic rings. The number of ketones is 1. The number of carboxylic acids is 1. The molecule has 2 aromatic heterocycles. The Morgan fingerprint density at radius 3 is 2.53 bits per heavy atom. The molecule has 2 aromatic carbocycles. The summed E-state index contributed by atoms with van der Waals surface area (Å²) in [5, 5.41) is 9.74. The molecule has 0 aliphatic rings. The van der Waals surface area contributed by atoms with Gasteiger partial charge in [0.1, 0.15) is 5.65 Å². The van der Waals surface area contributed by atoms with Crippen LogP contribution in [0.25, 0.3) is 17.1 Å². The fraction of sp³-hybridized carbons (Fsp3) is 0.179. The number of nitrogens with zero attached hydrogens (tertiary/aromatic N) is 2. The summed E-state index contributed by atoms with van der Waals surface area (Å²) in [5.74, 6) is -0.994. The van der Waals surface area contributed by atoms with Gasteiger partial charge in [-0.15, -0.1) is 0 Å². The number of carboxylic acid groups (broad SMARTS) is 1. The van der Waals surface area contributed by atoms with Gasteiger partial charge in [0.2, 0.25) is 0 Å². The molecule has 6 nitrogen and oxygen atoms in total. The second-order valence-corrected chi connectivity index (χ2v) is 8.20. The minimum absolute atomic E-state index is 0.0178. The normalized spacial score (nSPS) is 12.3. The van der Waals surface area contributed by atoms with Crippen molar-refractivity contribution >= 4 is 28.9 Å². The lowest BCUT2D eigenvalue weighted by Gasteiger charge is -2.08. The van der Waals surface area contributed by atoms with E-state index in [0.717, 1.165) is 27.7 Å². The van der Waals surface area contributed by atoms with Crippen LogP contribution in [0.1, 0.15) is 39.5 Å². The minimum atomic E-state index is -0.977. The van der Waals surface area contributed by atoms with E-state index in [2.05, 4.69) is 4.98 Å². The van der Waals surface area contributed by atoms with Gasteiger partial charge in [-0.1, -0.05) is 66.2 Å². The number of hydrogen-bond acceptors (Lipinski definition) is 4. The van der Waals surface area contributed by atoms with Crippen LogP contribution in [0.2, 0.25) is 0 Å². The summed E-state index contributed by atoms with van der Waals surface area (Å²) < 4.78 is 7.29. The summed E-state index contributed by atoms with van der Waals surface area (Å²) >= 11 is 0. The molecule has 0 fully saturated rings. The van der Waals surface area contributed by atoms with Gasteiger partial charge in [0, 0.05) is 35.5 Å². The first-order valence-corrected chi connectivity index (χ1v) is 11.1.